The van der Waals surface area contributed by atoms with Gasteiger partial charge in [-0.15, -0.1) is 0 Å². The average Bonchev–Trinajstić information content (AvgIpc) is 2.46. The second kappa shape index (κ2) is 5.25. The molecule has 1 saturated heterocycles. The van der Waals surface area contributed by atoms with Crippen molar-refractivity contribution < 1.29 is 19.0 Å². The monoisotopic (exact) mass is 267 g/mol. The standard InChI is InChI=1S/C14H18FNO3/c15-12-13(17)10(6-9-2-1-3-16-8-9)7-11-14(12)19-5-4-18-11/h7,9,16-17H,1-6,8H2. The summed E-state index contributed by atoms with van der Waals surface area (Å²) in [5.41, 5.74) is 0.607. The Hall–Kier alpha value is -1.49. The van der Waals surface area contributed by atoms with Crippen LogP contribution in [0.4, 0.5) is 4.39 Å². The number of fused-ring (bicyclic) bond motifs is 1. The highest BCUT2D eigenvalue weighted by atomic mass is 19.1. The van der Waals surface area contributed by atoms with Crippen molar-refractivity contribution in [2.24, 2.45) is 5.92 Å². The number of ether oxygens (including phenoxy) is 2. The Bertz CT molecular complexity index is 472. The fourth-order valence-electron chi connectivity index (χ4n) is 2.75. The molecule has 1 fully saturated rings. The molecule has 3 rings (SSSR count). The Kier molecular flexibility index (Phi) is 3.46. The molecule has 2 aliphatic heterocycles. The zero-order chi connectivity index (χ0) is 13.2. The van der Waals surface area contributed by atoms with Gasteiger partial charge in [-0.3, -0.25) is 0 Å². The summed E-state index contributed by atoms with van der Waals surface area (Å²) in [6, 6.07) is 1.71. The molecule has 1 aromatic rings. The van der Waals surface area contributed by atoms with Crippen LogP contribution < -0.4 is 14.8 Å². The van der Waals surface area contributed by atoms with Crippen molar-refractivity contribution in [3.05, 3.63) is 17.4 Å². The maximum absolute atomic E-state index is 14.0. The summed E-state index contributed by atoms with van der Waals surface area (Å²) in [7, 11) is 0. The molecule has 4 nitrogen and oxygen atoms in total. The Morgan fingerprint density at radius 3 is 3.00 bits per heavy atom. The number of phenols is 1. The topological polar surface area (TPSA) is 50.7 Å². The van der Waals surface area contributed by atoms with Gasteiger partial charge in [-0.1, -0.05) is 0 Å². The molecule has 104 valence electrons. The molecule has 5 heteroatoms. The van der Waals surface area contributed by atoms with E-state index in [1.807, 2.05) is 0 Å². The maximum atomic E-state index is 14.0. The number of hydrogen-bond donors (Lipinski definition) is 2. The van der Waals surface area contributed by atoms with Gasteiger partial charge in [0.15, 0.2) is 11.5 Å². The fourth-order valence-corrected chi connectivity index (χ4v) is 2.75. The van der Waals surface area contributed by atoms with Crippen molar-refractivity contribution in [1.29, 1.82) is 0 Å². The Morgan fingerprint density at radius 1 is 1.37 bits per heavy atom. The summed E-state index contributed by atoms with van der Waals surface area (Å²) in [6.07, 6.45) is 2.88. The quantitative estimate of drug-likeness (QED) is 0.858. The first-order chi connectivity index (χ1) is 9.25. The summed E-state index contributed by atoms with van der Waals surface area (Å²) in [5, 5.41) is 13.3. The Labute approximate surface area is 111 Å². The van der Waals surface area contributed by atoms with E-state index in [0.717, 1.165) is 25.9 Å². The van der Waals surface area contributed by atoms with E-state index >= 15 is 0 Å². The predicted octanol–water partition coefficient (Wildman–Crippen LogP) is 1.84. The van der Waals surface area contributed by atoms with E-state index < -0.39 is 5.82 Å². The predicted molar refractivity (Wildman–Crippen MR) is 68.4 cm³/mol. The van der Waals surface area contributed by atoms with Gasteiger partial charge in [0, 0.05) is 5.56 Å². The van der Waals surface area contributed by atoms with Crippen LogP contribution in [-0.2, 0) is 6.42 Å². The molecule has 0 aliphatic carbocycles. The van der Waals surface area contributed by atoms with Gasteiger partial charge in [0.1, 0.15) is 13.2 Å². The number of rotatable bonds is 2. The minimum Gasteiger partial charge on any atom is -0.505 e. The van der Waals surface area contributed by atoms with Gasteiger partial charge in [0.05, 0.1) is 0 Å². The number of aromatic hydroxyl groups is 1. The van der Waals surface area contributed by atoms with Gasteiger partial charge in [0.2, 0.25) is 11.6 Å². The van der Waals surface area contributed by atoms with E-state index in [0.29, 0.717) is 36.9 Å². The SMILES string of the molecule is Oc1c(CC2CCCNC2)cc2c(c1F)OCCO2. The third-order valence-corrected chi connectivity index (χ3v) is 3.74. The number of piperidine rings is 1. The molecule has 0 aromatic heterocycles. The summed E-state index contributed by atoms with van der Waals surface area (Å²) in [5.74, 6) is -0.123. The van der Waals surface area contributed by atoms with Gasteiger partial charge < -0.3 is 19.9 Å². The third-order valence-electron chi connectivity index (χ3n) is 3.74. The molecule has 0 amide bonds. The molecule has 1 aromatic carbocycles. The zero-order valence-corrected chi connectivity index (χ0v) is 10.7. The lowest BCUT2D eigenvalue weighted by molar-refractivity contribution is 0.162. The number of halogens is 1. The largest absolute Gasteiger partial charge is 0.505 e. The normalized spacial score (nSPS) is 22.3. The highest BCUT2D eigenvalue weighted by Gasteiger charge is 2.24. The zero-order valence-electron chi connectivity index (χ0n) is 10.7. The molecule has 2 N–H and O–H groups in total. The van der Waals surface area contributed by atoms with Crippen LogP contribution in [0.25, 0.3) is 0 Å². The molecular formula is C14H18FNO3. The van der Waals surface area contributed by atoms with Crippen LogP contribution in [0.2, 0.25) is 0 Å². The third kappa shape index (κ3) is 2.47. The lowest BCUT2D eigenvalue weighted by Crippen LogP contribution is -2.30. The van der Waals surface area contributed by atoms with Gasteiger partial charge in [-0.05, 0) is 44.3 Å². The molecule has 0 saturated carbocycles. The minimum atomic E-state index is -0.698. The van der Waals surface area contributed by atoms with Gasteiger partial charge in [-0.25, -0.2) is 0 Å². The molecule has 1 unspecified atom stereocenters. The maximum Gasteiger partial charge on any atom is 0.210 e. The molecule has 0 bridgehead atoms. The fraction of sp³-hybridized carbons (Fsp3) is 0.571. The number of nitrogens with one attached hydrogen (secondary N) is 1. The first-order valence-electron chi connectivity index (χ1n) is 6.76. The molecule has 0 radical (unpaired) electrons. The van der Waals surface area contributed by atoms with Crippen LogP contribution in [0.3, 0.4) is 0 Å². The van der Waals surface area contributed by atoms with Crippen molar-refractivity contribution in [2.45, 2.75) is 19.3 Å². The summed E-state index contributed by atoms with van der Waals surface area (Å²) in [4.78, 5) is 0. The van der Waals surface area contributed by atoms with E-state index in [4.69, 9.17) is 9.47 Å². The van der Waals surface area contributed by atoms with Crippen LogP contribution in [0.5, 0.6) is 17.2 Å². The van der Waals surface area contributed by atoms with Gasteiger partial charge in [0.25, 0.3) is 0 Å². The lowest BCUT2D eigenvalue weighted by Gasteiger charge is -2.25. The van der Waals surface area contributed by atoms with E-state index in [1.165, 1.54) is 0 Å². The van der Waals surface area contributed by atoms with Gasteiger partial charge in [-0.2, -0.15) is 4.39 Å². The summed E-state index contributed by atoms with van der Waals surface area (Å²) < 4.78 is 24.6. The van der Waals surface area contributed by atoms with Crippen molar-refractivity contribution in [3.63, 3.8) is 0 Å². The average molecular weight is 267 g/mol. The van der Waals surface area contributed by atoms with E-state index in [2.05, 4.69) is 5.32 Å². The van der Waals surface area contributed by atoms with E-state index in [-0.39, 0.29) is 11.5 Å². The van der Waals surface area contributed by atoms with Crippen molar-refractivity contribution >= 4 is 0 Å². The van der Waals surface area contributed by atoms with Crippen LogP contribution in [0.15, 0.2) is 6.07 Å². The van der Waals surface area contributed by atoms with Crippen molar-refractivity contribution in [2.75, 3.05) is 26.3 Å². The van der Waals surface area contributed by atoms with E-state index in [9.17, 15) is 9.50 Å². The first-order valence-corrected chi connectivity index (χ1v) is 6.76. The number of phenolic OH excluding ortho intramolecular Hbond substituents is 1. The molecule has 1 atom stereocenters. The van der Waals surface area contributed by atoms with Crippen LogP contribution in [0, 0.1) is 11.7 Å². The Balaban J connectivity index is 1.86. The van der Waals surface area contributed by atoms with Crippen LogP contribution >= 0.6 is 0 Å². The minimum absolute atomic E-state index is 0.0364. The highest BCUT2D eigenvalue weighted by molar-refractivity contribution is 5.52. The van der Waals surface area contributed by atoms with Crippen molar-refractivity contribution in [3.8, 4) is 17.2 Å². The van der Waals surface area contributed by atoms with Crippen molar-refractivity contribution in [1.82, 2.24) is 5.32 Å². The molecular weight excluding hydrogens is 249 g/mol. The molecule has 2 heterocycles. The van der Waals surface area contributed by atoms with Crippen LogP contribution in [-0.4, -0.2) is 31.4 Å². The molecule has 2 aliphatic rings. The number of benzene rings is 1. The number of hydrogen-bond acceptors (Lipinski definition) is 4. The smallest absolute Gasteiger partial charge is 0.210 e. The second-order valence-electron chi connectivity index (χ2n) is 5.14. The van der Waals surface area contributed by atoms with E-state index in [1.54, 1.807) is 6.07 Å². The summed E-state index contributed by atoms with van der Waals surface area (Å²) in [6.45, 7) is 2.68. The Morgan fingerprint density at radius 2 is 2.21 bits per heavy atom. The molecule has 19 heavy (non-hydrogen) atoms. The first kappa shape index (κ1) is 12.5. The second-order valence-corrected chi connectivity index (χ2v) is 5.14. The lowest BCUT2D eigenvalue weighted by atomic mass is 9.91. The summed E-state index contributed by atoms with van der Waals surface area (Å²) >= 11 is 0. The van der Waals surface area contributed by atoms with Gasteiger partial charge >= 0.3 is 0 Å². The highest BCUT2D eigenvalue weighted by Crippen LogP contribution is 2.41. The molecule has 0 spiro atoms. The van der Waals surface area contributed by atoms with Crippen LogP contribution in [0.1, 0.15) is 18.4 Å².